The number of aromatic nitrogens is 2. The number of hydrogen-bond donors (Lipinski definition) is 1. The number of ether oxygens (including phenoxy) is 1. The topological polar surface area (TPSA) is 80.5 Å². The first kappa shape index (κ1) is 18.8. The Balaban J connectivity index is 1.55. The minimum absolute atomic E-state index is 0.0996. The standard InChI is InChI=1S/C22H19ClN4O3/c23-16-7-3-1-5-14(16)13-24-22(28)20-25-18-15-6-2-4-8-17(15)30-19(18)21(26-20)27-9-11-29-12-10-27/h1-8H,9-13H2,(H,24,28). The van der Waals surface area contributed by atoms with Crippen LogP contribution in [0.3, 0.4) is 0 Å². The van der Waals surface area contributed by atoms with Crippen molar-refractivity contribution in [1.29, 1.82) is 0 Å². The van der Waals surface area contributed by atoms with Crippen LogP contribution in [0.4, 0.5) is 5.82 Å². The molecule has 0 aliphatic carbocycles. The average Bonchev–Trinajstić information content (AvgIpc) is 3.17. The molecule has 0 saturated carbocycles. The van der Waals surface area contributed by atoms with Crippen LogP contribution in [0.1, 0.15) is 16.2 Å². The second-order valence-electron chi connectivity index (χ2n) is 7.02. The first-order valence-corrected chi connectivity index (χ1v) is 10.1. The highest BCUT2D eigenvalue weighted by Gasteiger charge is 2.24. The molecule has 3 heterocycles. The van der Waals surface area contributed by atoms with Gasteiger partial charge in [-0.05, 0) is 23.8 Å². The Bertz CT molecular complexity index is 1230. The van der Waals surface area contributed by atoms with E-state index in [1.807, 2.05) is 42.5 Å². The molecule has 1 saturated heterocycles. The van der Waals surface area contributed by atoms with Gasteiger partial charge in [-0.1, -0.05) is 41.9 Å². The van der Waals surface area contributed by atoms with Crippen molar-refractivity contribution in [3.05, 3.63) is 64.9 Å². The Morgan fingerprint density at radius 3 is 2.67 bits per heavy atom. The van der Waals surface area contributed by atoms with Gasteiger partial charge in [0.15, 0.2) is 11.4 Å². The smallest absolute Gasteiger partial charge is 0.289 e. The molecule has 2 aromatic carbocycles. The molecular weight excluding hydrogens is 404 g/mol. The zero-order valence-electron chi connectivity index (χ0n) is 16.1. The fraction of sp³-hybridized carbons (Fsp3) is 0.227. The Morgan fingerprint density at radius 2 is 1.83 bits per heavy atom. The molecule has 1 N–H and O–H groups in total. The van der Waals surface area contributed by atoms with Crippen molar-refractivity contribution >= 4 is 45.4 Å². The lowest BCUT2D eigenvalue weighted by Crippen LogP contribution is -2.37. The predicted octanol–water partition coefficient (Wildman–Crippen LogP) is 3.80. The number of amides is 1. The van der Waals surface area contributed by atoms with Gasteiger partial charge in [0, 0.05) is 30.0 Å². The van der Waals surface area contributed by atoms with Gasteiger partial charge in [-0.3, -0.25) is 4.79 Å². The van der Waals surface area contributed by atoms with Crippen LogP contribution < -0.4 is 10.2 Å². The summed E-state index contributed by atoms with van der Waals surface area (Å²) in [6.07, 6.45) is 0. The van der Waals surface area contributed by atoms with E-state index in [1.165, 1.54) is 0 Å². The Morgan fingerprint density at radius 1 is 1.07 bits per heavy atom. The highest BCUT2D eigenvalue weighted by atomic mass is 35.5. The summed E-state index contributed by atoms with van der Waals surface area (Å²) in [5, 5.41) is 4.32. The molecule has 2 aromatic heterocycles. The van der Waals surface area contributed by atoms with Crippen molar-refractivity contribution in [2.45, 2.75) is 6.54 Å². The number of nitrogens with one attached hydrogen (secondary N) is 1. The van der Waals surface area contributed by atoms with E-state index >= 15 is 0 Å². The number of carbonyl (C=O) groups excluding carboxylic acids is 1. The fourth-order valence-electron chi connectivity index (χ4n) is 3.56. The lowest BCUT2D eigenvalue weighted by Gasteiger charge is -2.27. The van der Waals surface area contributed by atoms with Crippen LogP contribution in [0, 0.1) is 0 Å². The Kier molecular flexibility index (Phi) is 4.98. The molecular formula is C22H19ClN4O3. The third-order valence-corrected chi connectivity index (χ3v) is 5.48. The summed E-state index contributed by atoms with van der Waals surface area (Å²) in [7, 11) is 0. The van der Waals surface area contributed by atoms with Crippen LogP contribution in [-0.4, -0.2) is 42.2 Å². The predicted molar refractivity (Wildman–Crippen MR) is 115 cm³/mol. The lowest BCUT2D eigenvalue weighted by molar-refractivity contribution is 0.0940. The van der Waals surface area contributed by atoms with E-state index in [9.17, 15) is 4.79 Å². The molecule has 5 rings (SSSR count). The number of fused-ring (bicyclic) bond motifs is 3. The number of rotatable bonds is 4. The van der Waals surface area contributed by atoms with Crippen LogP contribution >= 0.6 is 11.6 Å². The van der Waals surface area contributed by atoms with E-state index in [4.69, 9.17) is 20.8 Å². The molecule has 7 nitrogen and oxygen atoms in total. The molecule has 0 spiro atoms. The summed E-state index contributed by atoms with van der Waals surface area (Å²) in [5.41, 5.74) is 2.76. The molecule has 1 amide bonds. The van der Waals surface area contributed by atoms with Crippen molar-refractivity contribution in [3.8, 4) is 0 Å². The number of furan rings is 1. The third-order valence-electron chi connectivity index (χ3n) is 5.11. The number of benzene rings is 2. The lowest BCUT2D eigenvalue weighted by atomic mass is 10.2. The molecule has 4 aromatic rings. The maximum absolute atomic E-state index is 12.9. The second kappa shape index (κ2) is 7.93. The normalized spacial score (nSPS) is 14.4. The number of anilines is 1. The summed E-state index contributed by atoms with van der Waals surface area (Å²) in [4.78, 5) is 24.1. The van der Waals surface area contributed by atoms with Crippen LogP contribution in [0.25, 0.3) is 22.1 Å². The highest BCUT2D eigenvalue weighted by Crippen LogP contribution is 2.33. The minimum atomic E-state index is -0.364. The van der Waals surface area contributed by atoms with Crippen LogP contribution in [0.2, 0.25) is 5.02 Å². The number of carbonyl (C=O) groups is 1. The van der Waals surface area contributed by atoms with E-state index in [0.717, 1.165) is 10.9 Å². The van der Waals surface area contributed by atoms with Gasteiger partial charge in [0.25, 0.3) is 5.91 Å². The maximum Gasteiger partial charge on any atom is 0.289 e. The summed E-state index contributed by atoms with van der Waals surface area (Å²) in [6.45, 7) is 2.83. The van der Waals surface area contributed by atoms with Crippen molar-refractivity contribution in [3.63, 3.8) is 0 Å². The summed E-state index contributed by atoms with van der Waals surface area (Å²) < 4.78 is 11.5. The van der Waals surface area contributed by atoms with Gasteiger partial charge in [-0.2, -0.15) is 0 Å². The van der Waals surface area contributed by atoms with E-state index in [0.29, 0.717) is 60.4 Å². The third kappa shape index (κ3) is 3.46. The van der Waals surface area contributed by atoms with E-state index < -0.39 is 0 Å². The van der Waals surface area contributed by atoms with Gasteiger partial charge in [0.1, 0.15) is 11.1 Å². The monoisotopic (exact) mass is 422 g/mol. The molecule has 0 bridgehead atoms. The van der Waals surface area contributed by atoms with Crippen molar-refractivity contribution < 1.29 is 13.9 Å². The number of para-hydroxylation sites is 1. The minimum Gasteiger partial charge on any atom is -0.450 e. The second-order valence-corrected chi connectivity index (χ2v) is 7.43. The van der Waals surface area contributed by atoms with E-state index in [1.54, 1.807) is 6.07 Å². The quantitative estimate of drug-likeness (QED) is 0.539. The molecule has 0 radical (unpaired) electrons. The Hall–Kier alpha value is -3.16. The first-order valence-electron chi connectivity index (χ1n) is 9.74. The molecule has 1 aliphatic rings. The molecule has 1 aliphatic heterocycles. The maximum atomic E-state index is 12.9. The van der Waals surface area contributed by atoms with E-state index in [-0.39, 0.29) is 11.7 Å². The molecule has 8 heteroatoms. The molecule has 30 heavy (non-hydrogen) atoms. The highest BCUT2D eigenvalue weighted by molar-refractivity contribution is 6.31. The van der Waals surface area contributed by atoms with E-state index in [2.05, 4.69) is 20.2 Å². The number of halogens is 1. The Labute approximate surface area is 177 Å². The van der Waals surface area contributed by atoms with Gasteiger partial charge in [-0.25, -0.2) is 9.97 Å². The van der Waals surface area contributed by atoms with Crippen molar-refractivity contribution in [2.75, 3.05) is 31.2 Å². The van der Waals surface area contributed by atoms with Crippen LogP contribution in [-0.2, 0) is 11.3 Å². The molecule has 0 unspecified atom stereocenters. The molecule has 0 atom stereocenters. The molecule has 1 fully saturated rings. The van der Waals surface area contributed by atoms with Gasteiger partial charge in [0.05, 0.1) is 13.2 Å². The van der Waals surface area contributed by atoms with Gasteiger partial charge in [-0.15, -0.1) is 0 Å². The van der Waals surface area contributed by atoms with Crippen LogP contribution in [0.5, 0.6) is 0 Å². The SMILES string of the molecule is O=C(NCc1ccccc1Cl)c1nc(N2CCOCC2)c2oc3ccccc3c2n1. The number of hydrogen-bond acceptors (Lipinski definition) is 6. The zero-order valence-corrected chi connectivity index (χ0v) is 16.9. The van der Waals surface area contributed by atoms with Crippen LogP contribution in [0.15, 0.2) is 52.9 Å². The average molecular weight is 423 g/mol. The van der Waals surface area contributed by atoms with Gasteiger partial charge < -0.3 is 19.4 Å². The van der Waals surface area contributed by atoms with Crippen molar-refractivity contribution in [1.82, 2.24) is 15.3 Å². The summed E-state index contributed by atoms with van der Waals surface area (Å²) in [5.74, 6) is 0.349. The largest absolute Gasteiger partial charge is 0.450 e. The fourth-order valence-corrected chi connectivity index (χ4v) is 3.77. The number of nitrogens with zero attached hydrogens (tertiary/aromatic N) is 3. The summed E-state index contributed by atoms with van der Waals surface area (Å²) >= 11 is 6.20. The summed E-state index contributed by atoms with van der Waals surface area (Å²) in [6, 6.07) is 15.0. The van der Waals surface area contributed by atoms with Gasteiger partial charge >= 0.3 is 0 Å². The first-order chi connectivity index (χ1) is 14.7. The number of morpholine rings is 1. The van der Waals surface area contributed by atoms with Crippen molar-refractivity contribution in [2.24, 2.45) is 0 Å². The van der Waals surface area contributed by atoms with Gasteiger partial charge in [0.2, 0.25) is 5.82 Å². The molecule has 152 valence electrons. The zero-order chi connectivity index (χ0) is 20.5.